The van der Waals surface area contributed by atoms with Crippen molar-refractivity contribution in [2.75, 3.05) is 23.9 Å². The summed E-state index contributed by atoms with van der Waals surface area (Å²) in [5.41, 5.74) is -1.57. The SMILES string of the molecule is C=CCOC(=O)OC1=C(C)N(c2cccc(C(F)(F)F)c2)C(=O)NC1c1ccc(C#N)cc1S(=O)(=O)CCO. The van der Waals surface area contributed by atoms with Gasteiger partial charge in [-0.1, -0.05) is 24.8 Å². The first-order valence-electron chi connectivity index (χ1n) is 11.2. The van der Waals surface area contributed by atoms with Gasteiger partial charge in [0.1, 0.15) is 12.6 Å². The fourth-order valence-corrected chi connectivity index (χ4v) is 5.11. The molecule has 39 heavy (non-hydrogen) atoms. The Kier molecular flexibility index (Phi) is 8.68. The van der Waals surface area contributed by atoms with Crippen LogP contribution in [0.15, 0.2) is 71.5 Å². The number of aliphatic hydroxyl groups is 1. The first kappa shape index (κ1) is 29.2. The lowest BCUT2D eigenvalue weighted by Gasteiger charge is -2.35. The zero-order chi connectivity index (χ0) is 29.0. The summed E-state index contributed by atoms with van der Waals surface area (Å²) < 4.78 is 76.1. The molecular formula is C25H22F3N3O7S. The van der Waals surface area contributed by atoms with Crippen LogP contribution < -0.4 is 10.2 Å². The maximum atomic E-state index is 13.3. The number of nitrogens with zero attached hydrogens (tertiary/aromatic N) is 2. The zero-order valence-electron chi connectivity index (χ0n) is 20.4. The summed E-state index contributed by atoms with van der Waals surface area (Å²) in [5, 5.41) is 21.0. The number of hydrogen-bond acceptors (Lipinski definition) is 8. The van der Waals surface area contributed by atoms with Crippen molar-refractivity contribution < 1.29 is 45.8 Å². The first-order chi connectivity index (χ1) is 18.3. The molecule has 0 bridgehead atoms. The Hall–Kier alpha value is -4.35. The van der Waals surface area contributed by atoms with Crippen molar-refractivity contribution in [1.82, 2.24) is 5.32 Å². The van der Waals surface area contributed by atoms with Crippen LogP contribution in [0, 0.1) is 11.3 Å². The zero-order valence-corrected chi connectivity index (χ0v) is 21.2. The molecule has 1 atom stereocenters. The molecule has 206 valence electrons. The molecule has 10 nitrogen and oxygen atoms in total. The molecule has 0 aliphatic carbocycles. The summed E-state index contributed by atoms with van der Waals surface area (Å²) in [6, 6.07) is 6.76. The minimum atomic E-state index is -4.71. The van der Waals surface area contributed by atoms with Gasteiger partial charge in [0.2, 0.25) is 0 Å². The maximum Gasteiger partial charge on any atom is 0.513 e. The fraction of sp³-hybridized carbons (Fsp3) is 0.240. The summed E-state index contributed by atoms with van der Waals surface area (Å²) in [5.74, 6) is -1.07. The van der Waals surface area contributed by atoms with E-state index in [0.717, 1.165) is 29.2 Å². The number of ether oxygens (including phenoxy) is 2. The molecule has 0 aromatic heterocycles. The van der Waals surface area contributed by atoms with Gasteiger partial charge in [-0.2, -0.15) is 18.4 Å². The van der Waals surface area contributed by atoms with E-state index in [0.29, 0.717) is 0 Å². The molecule has 2 aromatic rings. The van der Waals surface area contributed by atoms with Crippen molar-refractivity contribution in [3.8, 4) is 6.07 Å². The molecule has 0 radical (unpaired) electrons. The van der Waals surface area contributed by atoms with E-state index in [2.05, 4.69) is 11.9 Å². The third-order valence-electron chi connectivity index (χ3n) is 5.52. The van der Waals surface area contributed by atoms with Crippen molar-refractivity contribution in [2.45, 2.75) is 24.0 Å². The first-order valence-corrected chi connectivity index (χ1v) is 12.8. The van der Waals surface area contributed by atoms with E-state index in [1.165, 1.54) is 31.2 Å². The summed E-state index contributed by atoms with van der Waals surface area (Å²) in [7, 11) is -4.21. The number of anilines is 1. The third-order valence-corrected chi connectivity index (χ3v) is 7.26. The van der Waals surface area contributed by atoms with Crippen molar-refractivity contribution in [2.24, 2.45) is 0 Å². The second kappa shape index (κ2) is 11.6. The van der Waals surface area contributed by atoms with Gasteiger partial charge in [-0.25, -0.2) is 18.0 Å². The molecule has 1 aliphatic heterocycles. The van der Waals surface area contributed by atoms with Gasteiger partial charge in [0.25, 0.3) is 0 Å². The molecule has 2 N–H and O–H groups in total. The highest BCUT2D eigenvalue weighted by molar-refractivity contribution is 7.91. The standard InChI is InChI=1S/C25H22F3N3O7S/c1-3-10-37-24(34)38-22-15(2)31(18-6-4-5-17(13-18)25(26,27)28)23(33)30-21(22)19-8-7-16(14-29)12-20(19)39(35,36)11-9-32/h3-8,12-13,21,32H,1,9-11H2,2H3,(H,30,33). The lowest BCUT2D eigenvalue weighted by Crippen LogP contribution is -2.47. The second-order valence-electron chi connectivity index (χ2n) is 8.07. The van der Waals surface area contributed by atoms with E-state index in [1.807, 2.05) is 0 Å². The average molecular weight is 566 g/mol. The van der Waals surface area contributed by atoms with Crippen molar-refractivity contribution in [3.05, 3.63) is 83.3 Å². The van der Waals surface area contributed by atoms with Crippen molar-refractivity contribution >= 4 is 27.7 Å². The molecule has 0 fully saturated rings. The van der Waals surface area contributed by atoms with E-state index >= 15 is 0 Å². The van der Waals surface area contributed by atoms with Crippen LogP contribution in [0.2, 0.25) is 0 Å². The van der Waals surface area contributed by atoms with Gasteiger partial charge < -0.3 is 19.9 Å². The van der Waals surface area contributed by atoms with Crippen LogP contribution in [0.25, 0.3) is 0 Å². The molecule has 0 saturated carbocycles. The minimum Gasteiger partial charge on any atom is -0.430 e. The van der Waals surface area contributed by atoms with Crippen molar-refractivity contribution in [3.63, 3.8) is 0 Å². The molecule has 14 heteroatoms. The number of allylic oxidation sites excluding steroid dienone is 1. The highest BCUT2D eigenvalue weighted by Gasteiger charge is 2.39. The van der Waals surface area contributed by atoms with Crippen LogP contribution in [0.4, 0.5) is 28.4 Å². The third kappa shape index (κ3) is 6.39. The maximum absolute atomic E-state index is 13.3. The normalized spacial score (nSPS) is 15.8. The smallest absolute Gasteiger partial charge is 0.430 e. The van der Waals surface area contributed by atoms with E-state index in [4.69, 9.17) is 9.47 Å². The molecule has 0 saturated heterocycles. The highest BCUT2D eigenvalue weighted by atomic mass is 32.2. The summed E-state index contributed by atoms with van der Waals surface area (Å²) >= 11 is 0. The predicted molar refractivity (Wildman–Crippen MR) is 131 cm³/mol. The molecule has 3 rings (SSSR count). The molecule has 2 amide bonds. The average Bonchev–Trinajstić information content (AvgIpc) is 2.88. The molecular weight excluding hydrogens is 543 g/mol. The number of nitriles is 1. The van der Waals surface area contributed by atoms with Crippen LogP contribution >= 0.6 is 0 Å². The molecule has 1 unspecified atom stereocenters. The van der Waals surface area contributed by atoms with E-state index in [-0.39, 0.29) is 34.9 Å². The number of rotatable bonds is 8. The number of urea groups is 1. The molecule has 1 heterocycles. The van der Waals surface area contributed by atoms with E-state index < -0.39 is 57.1 Å². The Balaban J connectivity index is 2.24. The van der Waals surface area contributed by atoms with Crippen LogP contribution in [0.1, 0.15) is 29.7 Å². The summed E-state index contributed by atoms with van der Waals surface area (Å²) in [6.07, 6.45) is -4.73. The molecule has 2 aromatic carbocycles. The number of nitrogens with one attached hydrogen (secondary N) is 1. The Morgan fingerprint density at radius 1 is 1.28 bits per heavy atom. The Bertz CT molecular complexity index is 1480. The lowest BCUT2D eigenvalue weighted by molar-refractivity contribution is -0.137. The van der Waals surface area contributed by atoms with Gasteiger partial charge in [0.05, 0.1) is 45.8 Å². The Morgan fingerprint density at radius 3 is 2.62 bits per heavy atom. The number of benzene rings is 2. The quantitative estimate of drug-likeness (QED) is 0.358. The largest absolute Gasteiger partial charge is 0.513 e. The predicted octanol–water partition coefficient (Wildman–Crippen LogP) is 4.18. The van der Waals surface area contributed by atoms with Crippen LogP contribution in [-0.2, 0) is 25.5 Å². The van der Waals surface area contributed by atoms with E-state index in [1.54, 1.807) is 6.07 Å². The Morgan fingerprint density at radius 2 is 2.00 bits per heavy atom. The number of aliphatic hydroxyl groups excluding tert-OH is 1. The number of amides is 2. The van der Waals surface area contributed by atoms with Gasteiger partial charge in [0.15, 0.2) is 15.6 Å². The highest BCUT2D eigenvalue weighted by Crippen LogP contribution is 2.39. The Labute approximate surface area is 221 Å². The van der Waals surface area contributed by atoms with Gasteiger partial charge in [0, 0.05) is 5.56 Å². The molecule has 0 spiro atoms. The van der Waals surface area contributed by atoms with Gasteiger partial charge in [-0.05, 0) is 37.3 Å². The summed E-state index contributed by atoms with van der Waals surface area (Å²) in [6.45, 7) is 3.69. The summed E-state index contributed by atoms with van der Waals surface area (Å²) in [4.78, 5) is 26.0. The number of alkyl halides is 3. The monoisotopic (exact) mass is 565 g/mol. The number of halogens is 3. The second-order valence-corrected chi connectivity index (χ2v) is 10.2. The number of carbonyl (C=O) groups excluding carboxylic acids is 2. The lowest BCUT2D eigenvalue weighted by atomic mass is 10.00. The fourth-order valence-electron chi connectivity index (χ4n) is 3.80. The van der Waals surface area contributed by atoms with Gasteiger partial charge >= 0.3 is 18.4 Å². The van der Waals surface area contributed by atoms with Gasteiger partial charge in [-0.15, -0.1) is 0 Å². The number of carbonyl (C=O) groups is 2. The van der Waals surface area contributed by atoms with Gasteiger partial charge in [-0.3, -0.25) is 4.90 Å². The molecule has 1 aliphatic rings. The topological polar surface area (TPSA) is 146 Å². The number of sulfone groups is 1. The number of hydrogen-bond donors (Lipinski definition) is 2. The van der Waals surface area contributed by atoms with E-state index in [9.17, 15) is 41.5 Å². The van der Waals surface area contributed by atoms with Crippen LogP contribution in [0.3, 0.4) is 0 Å². The minimum absolute atomic E-state index is 0.0449. The van der Waals surface area contributed by atoms with Crippen LogP contribution in [-0.4, -0.2) is 44.7 Å². The van der Waals surface area contributed by atoms with Crippen LogP contribution in [0.5, 0.6) is 0 Å². The van der Waals surface area contributed by atoms with Crippen molar-refractivity contribution in [1.29, 1.82) is 5.26 Å².